The van der Waals surface area contributed by atoms with Gasteiger partial charge < -0.3 is 25.3 Å². The smallest absolute Gasteiger partial charge is 0.382 e. The van der Waals surface area contributed by atoms with E-state index in [1.54, 1.807) is 12.4 Å². The molecule has 0 spiro atoms. The summed E-state index contributed by atoms with van der Waals surface area (Å²) >= 11 is 0. The van der Waals surface area contributed by atoms with Crippen molar-refractivity contribution in [2.45, 2.75) is 50.5 Å². The zero-order valence-electron chi connectivity index (χ0n) is 16.5. The number of nitrogens with zero attached hydrogens (tertiary/aromatic N) is 4. The summed E-state index contributed by atoms with van der Waals surface area (Å²) in [6.45, 7) is 5.28. The van der Waals surface area contributed by atoms with Gasteiger partial charge in [-0.05, 0) is 26.3 Å². The molecule has 2 aromatic rings. The van der Waals surface area contributed by atoms with Crippen LogP contribution < -0.4 is 11.1 Å². The summed E-state index contributed by atoms with van der Waals surface area (Å²) in [5.41, 5.74) is 4.84. The lowest BCUT2D eigenvalue weighted by atomic mass is 10.0. The number of rotatable bonds is 3. The number of anilines is 2. The van der Waals surface area contributed by atoms with Crippen molar-refractivity contribution in [2.24, 2.45) is 0 Å². The minimum absolute atomic E-state index is 0.00584. The fourth-order valence-electron chi connectivity index (χ4n) is 3.14. The molecular weight excluding hydrogens is 405 g/mol. The normalized spacial score (nSPS) is 25.0. The van der Waals surface area contributed by atoms with Crippen molar-refractivity contribution in [1.82, 2.24) is 20.2 Å². The van der Waals surface area contributed by atoms with Gasteiger partial charge in [-0.3, -0.25) is 4.98 Å². The summed E-state index contributed by atoms with van der Waals surface area (Å²) in [4.78, 5) is 6.28. The summed E-state index contributed by atoms with van der Waals surface area (Å²) in [6.07, 6.45) is 1.56. The maximum Gasteiger partial charge on any atom is 0.434 e. The highest BCUT2D eigenvalue weighted by atomic mass is 19.4. The summed E-state index contributed by atoms with van der Waals surface area (Å²) in [7, 11) is 0. The van der Waals surface area contributed by atoms with Crippen molar-refractivity contribution in [3.05, 3.63) is 36.5 Å². The Bertz CT molecular complexity index is 824. The predicted molar refractivity (Wildman–Crippen MR) is 100 cm³/mol. The average Bonchev–Trinajstić information content (AvgIpc) is 3.01. The number of hydrogen-bond acceptors (Lipinski definition) is 9. The molecule has 4 rings (SSSR count). The fourth-order valence-corrected chi connectivity index (χ4v) is 3.14. The van der Waals surface area contributed by atoms with Gasteiger partial charge in [0.05, 0.1) is 36.6 Å². The molecular formula is C18H23F3N6O3. The van der Waals surface area contributed by atoms with Gasteiger partial charge in [0, 0.05) is 13.2 Å². The van der Waals surface area contributed by atoms with E-state index in [-0.39, 0.29) is 24.1 Å². The van der Waals surface area contributed by atoms with Gasteiger partial charge in [-0.25, -0.2) is 4.98 Å². The second-order valence-electron chi connectivity index (χ2n) is 7.18. The third kappa shape index (κ3) is 5.97. The molecule has 12 heteroatoms. The van der Waals surface area contributed by atoms with Crippen molar-refractivity contribution < 1.29 is 27.4 Å². The molecule has 3 unspecified atom stereocenters. The molecule has 2 aliphatic heterocycles. The second-order valence-corrected chi connectivity index (χ2v) is 7.18. The van der Waals surface area contributed by atoms with Gasteiger partial charge >= 0.3 is 6.18 Å². The van der Waals surface area contributed by atoms with Crippen molar-refractivity contribution in [3.8, 4) is 0 Å². The second kappa shape index (κ2) is 9.06. The molecule has 0 amide bonds. The van der Waals surface area contributed by atoms with Gasteiger partial charge in [-0.2, -0.15) is 23.4 Å². The number of ether oxygens (including phenoxy) is 3. The van der Waals surface area contributed by atoms with Gasteiger partial charge in [0.2, 0.25) is 0 Å². The molecule has 0 bridgehead atoms. The Kier molecular flexibility index (Phi) is 6.68. The molecule has 0 saturated carbocycles. The lowest BCUT2D eigenvalue weighted by molar-refractivity contribution is -0.152. The zero-order valence-corrected chi connectivity index (χ0v) is 16.5. The summed E-state index contributed by atoms with van der Waals surface area (Å²) in [5, 5.41) is 10.9. The zero-order chi connectivity index (χ0) is 21.8. The number of fused-ring (bicyclic) bond motifs is 1. The SMILES string of the molecule is CC1(C)OC2CCOC(CNc3ccnnc3)C2O1.Nc1cncc(C(F)(F)F)n1. The number of nitrogens with one attached hydrogen (secondary N) is 1. The molecule has 9 nitrogen and oxygen atoms in total. The highest BCUT2D eigenvalue weighted by molar-refractivity contribution is 5.38. The third-order valence-electron chi connectivity index (χ3n) is 4.36. The van der Waals surface area contributed by atoms with E-state index in [0.717, 1.165) is 18.3 Å². The number of nitrogens with two attached hydrogens (primary N) is 1. The van der Waals surface area contributed by atoms with E-state index in [9.17, 15) is 13.2 Å². The number of aromatic nitrogens is 4. The van der Waals surface area contributed by atoms with Crippen molar-refractivity contribution in [3.63, 3.8) is 0 Å². The van der Waals surface area contributed by atoms with E-state index in [2.05, 4.69) is 25.5 Å². The maximum atomic E-state index is 11.8. The van der Waals surface area contributed by atoms with Gasteiger partial charge in [0.15, 0.2) is 11.5 Å². The molecule has 0 aliphatic carbocycles. The molecule has 2 aromatic heterocycles. The van der Waals surface area contributed by atoms with Gasteiger partial charge in [0.1, 0.15) is 18.0 Å². The van der Waals surface area contributed by atoms with Crippen LogP contribution in [0.15, 0.2) is 30.9 Å². The summed E-state index contributed by atoms with van der Waals surface area (Å²) in [6, 6.07) is 1.88. The lowest BCUT2D eigenvalue weighted by Crippen LogP contribution is -2.46. The molecule has 3 atom stereocenters. The van der Waals surface area contributed by atoms with Crippen LogP contribution in [0.3, 0.4) is 0 Å². The van der Waals surface area contributed by atoms with Crippen LogP contribution in [0, 0.1) is 0 Å². The van der Waals surface area contributed by atoms with Gasteiger partial charge in [0.25, 0.3) is 0 Å². The van der Waals surface area contributed by atoms with Crippen LogP contribution in [-0.2, 0) is 20.4 Å². The quantitative estimate of drug-likeness (QED) is 0.759. The first kappa shape index (κ1) is 22.1. The maximum absolute atomic E-state index is 11.8. The Morgan fingerprint density at radius 3 is 2.63 bits per heavy atom. The van der Waals surface area contributed by atoms with Crippen molar-refractivity contribution in [2.75, 3.05) is 24.2 Å². The minimum Gasteiger partial charge on any atom is -0.382 e. The number of alkyl halides is 3. The lowest BCUT2D eigenvalue weighted by Gasteiger charge is -2.31. The Labute approximate surface area is 171 Å². The van der Waals surface area contributed by atoms with Crippen LogP contribution in [0.25, 0.3) is 0 Å². The van der Waals surface area contributed by atoms with Crippen molar-refractivity contribution in [1.29, 1.82) is 0 Å². The van der Waals surface area contributed by atoms with Crippen LogP contribution in [0.5, 0.6) is 0 Å². The highest BCUT2D eigenvalue weighted by Gasteiger charge is 2.47. The van der Waals surface area contributed by atoms with Crippen LogP contribution in [0.2, 0.25) is 0 Å². The molecule has 2 saturated heterocycles. The highest BCUT2D eigenvalue weighted by Crippen LogP contribution is 2.35. The summed E-state index contributed by atoms with van der Waals surface area (Å²) in [5.74, 6) is -0.751. The van der Waals surface area contributed by atoms with Crippen LogP contribution in [0.4, 0.5) is 24.7 Å². The Morgan fingerprint density at radius 1 is 1.20 bits per heavy atom. The van der Waals surface area contributed by atoms with E-state index in [0.29, 0.717) is 19.3 Å². The average molecular weight is 428 g/mol. The van der Waals surface area contributed by atoms with Gasteiger partial charge in [-0.15, -0.1) is 0 Å². The van der Waals surface area contributed by atoms with E-state index >= 15 is 0 Å². The molecule has 2 aliphatic rings. The first-order valence-corrected chi connectivity index (χ1v) is 9.26. The monoisotopic (exact) mass is 428 g/mol. The van der Waals surface area contributed by atoms with Crippen LogP contribution >= 0.6 is 0 Å². The predicted octanol–water partition coefficient (Wildman–Crippen LogP) is 2.28. The number of halogens is 3. The first-order valence-electron chi connectivity index (χ1n) is 9.26. The summed E-state index contributed by atoms with van der Waals surface area (Å²) < 4.78 is 53.1. The van der Waals surface area contributed by atoms with Crippen molar-refractivity contribution >= 4 is 11.5 Å². The largest absolute Gasteiger partial charge is 0.434 e. The Hall–Kier alpha value is -2.57. The molecule has 30 heavy (non-hydrogen) atoms. The number of hydrogen-bond donors (Lipinski definition) is 2. The van der Waals surface area contributed by atoms with E-state index in [1.807, 2.05) is 19.9 Å². The fraction of sp³-hybridized carbons (Fsp3) is 0.556. The number of nitrogen functional groups attached to an aromatic ring is 1. The standard InChI is InChI=1S/C13H19N3O3.C5H4F3N3/c1-13(2)18-10-4-6-17-11(12(10)19-13)8-14-9-3-5-15-16-7-9;6-5(7,8)3-1-10-2-4(9)11-3/h3,5,7,10-12H,4,6,8H2,1-2H3,(H,14,15);1-2H,(H2,9,11). The van der Waals surface area contributed by atoms with Gasteiger partial charge in [-0.1, -0.05) is 0 Å². The van der Waals surface area contributed by atoms with E-state index < -0.39 is 17.7 Å². The molecule has 0 radical (unpaired) electrons. The molecule has 4 heterocycles. The topological polar surface area (TPSA) is 117 Å². The Morgan fingerprint density at radius 2 is 2.00 bits per heavy atom. The molecule has 2 fully saturated rings. The first-order chi connectivity index (χ1) is 14.1. The van der Waals surface area contributed by atoms with Crippen LogP contribution in [0.1, 0.15) is 26.0 Å². The molecule has 3 N–H and O–H groups in total. The van der Waals surface area contributed by atoms with E-state index in [4.69, 9.17) is 19.9 Å². The molecule has 164 valence electrons. The van der Waals surface area contributed by atoms with E-state index in [1.165, 1.54) is 0 Å². The minimum atomic E-state index is -4.47. The molecule has 0 aromatic carbocycles. The Balaban J connectivity index is 0.000000199. The van der Waals surface area contributed by atoms with Crippen LogP contribution in [-0.4, -0.2) is 57.4 Å². The third-order valence-corrected chi connectivity index (χ3v) is 4.36.